The molecule has 1 amide bonds. The molecule has 2 rings (SSSR count). The predicted molar refractivity (Wildman–Crippen MR) is 51.8 cm³/mol. The molecule has 0 aliphatic rings. The fraction of sp³-hybridized carbons (Fsp3) is 0.100. The number of hydrogen-bond donors (Lipinski definition) is 0. The summed E-state index contributed by atoms with van der Waals surface area (Å²) in [6.45, 7) is 0. The minimum Gasteiger partial charge on any atom is -0.261 e. The second-order valence-electron chi connectivity index (χ2n) is 2.83. The van der Waals surface area contributed by atoms with Crippen LogP contribution in [0.4, 0.5) is 0 Å². The molecule has 1 aromatic heterocycles. The fourth-order valence-corrected chi connectivity index (χ4v) is 1.37. The van der Waals surface area contributed by atoms with Crippen molar-refractivity contribution in [2.24, 2.45) is 0 Å². The smallest absolute Gasteiger partial charge is 0.261 e. The van der Waals surface area contributed by atoms with E-state index in [9.17, 15) is 4.79 Å². The summed E-state index contributed by atoms with van der Waals surface area (Å²) in [4.78, 5) is 10.4. The van der Waals surface area contributed by atoms with Gasteiger partial charge in [-0.2, -0.15) is 0 Å². The van der Waals surface area contributed by atoms with Crippen molar-refractivity contribution in [3.63, 3.8) is 0 Å². The van der Waals surface area contributed by atoms with E-state index in [1.54, 1.807) is 18.1 Å². The Morgan fingerprint density at radius 1 is 1.31 bits per heavy atom. The molecule has 0 unspecified atom stereocenters. The first kappa shape index (κ1) is 7.86. The third kappa shape index (κ3) is 1.18. The summed E-state index contributed by atoms with van der Waals surface area (Å²) >= 11 is 0. The number of amides is 1. The number of para-hydroxylation sites is 1. The van der Waals surface area contributed by atoms with Gasteiger partial charge in [0.05, 0.1) is 5.52 Å². The van der Waals surface area contributed by atoms with Crippen molar-refractivity contribution in [3.8, 4) is 0 Å². The van der Waals surface area contributed by atoms with E-state index in [2.05, 4.69) is 0 Å². The minimum absolute atomic E-state index is 1.01. The number of benzene rings is 1. The van der Waals surface area contributed by atoms with Crippen molar-refractivity contribution in [1.82, 2.24) is 4.68 Å². The first-order valence-electron chi connectivity index (χ1n) is 4.01. The van der Waals surface area contributed by atoms with Crippen molar-refractivity contribution in [2.45, 2.75) is 0 Å². The van der Waals surface area contributed by atoms with Gasteiger partial charge in [-0.15, -0.1) is 0 Å². The van der Waals surface area contributed by atoms with Crippen molar-refractivity contribution >= 4 is 17.3 Å². The van der Waals surface area contributed by atoms with Gasteiger partial charge in [-0.3, -0.25) is 9.47 Å². The topological polar surface area (TPSA) is 25.2 Å². The standard InChI is InChI=1S/C10H9N2O/c1-11(8-13)12-7-6-9-4-2-3-5-10(9)12/h2-7H,1H3. The van der Waals surface area contributed by atoms with Crippen LogP contribution in [0.15, 0.2) is 36.5 Å². The lowest BCUT2D eigenvalue weighted by atomic mass is 10.3. The van der Waals surface area contributed by atoms with Crippen LogP contribution in [0.25, 0.3) is 10.9 Å². The van der Waals surface area contributed by atoms with Gasteiger partial charge in [0.25, 0.3) is 0 Å². The second-order valence-corrected chi connectivity index (χ2v) is 2.83. The molecule has 0 N–H and O–H groups in total. The normalized spacial score (nSPS) is 10.2. The van der Waals surface area contributed by atoms with E-state index < -0.39 is 0 Å². The zero-order valence-electron chi connectivity index (χ0n) is 7.27. The molecule has 0 atom stereocenters. The lowest BCUT2D eigenvalue weighted by Gasteiger charge is -2.11. The lowest BCUT2D eigenvalue weighted by molar-refractivity contribution is 0.542. The van der Waals surface area contributed by atoms with E-state index in [0.717, 1.165) is 10.9 Å². The molecule has 13 heavy (non-hydrogen) atoms. The number of nitrogens with zero attached hydrogens (tertiary/aromatic N) is 2. The van der Waals surface area contributed by atoms with Gasteiger partial charge < -0.3 is 0 Å². The van der Waals surface area contributed by atoms with Crippen molar-refractivity contribution in [2.75, 3.05) is 12.1 Å². The molecule has 1 heterocycles. The van der Waals surface area contributed by atoms with Gasteiger partial charge >= 0.3 is 6.41 Å². The van der Waals surface area contributed by atoms with Gasteiger partial charge in [0, 0.05) is 18.6 Å². The zero-order valence-corrected chi connectivity index (χ0v) is 7.27. The number of rotatable bonds is 2. The SMILES string of the molecule is CN([C]=O)n1ccc2ccccc21. The largest absolute Gasteiger partial charge is 0.332 e. The third-order valence-corrected chi connectivity index (χ3v) is 2.03. The molecular formula is C10H9N2O. The summed E-state index contributed by atoms with van der Waals surface area (Å²) in [6, 6.07) is 9.84. The molecule has 0 spiro atoms. The number of hydrogen-bond acceptors (Lipinski definition) is 1. The highest BCUT2D eigenvalue weighted by Gasteiger charge is 2.02. The quantitative estimate of drug-likeness (QED) is 0.628. The van der Waals surface area contributed by atoms with Gasteiger partial charge in [0.15, 0.2) is 0 Å². The molecule has 0 aliphatic carbocycles. The monoisotopic (exact) mass is 173 g/mol. The van der Waals surface area contributed by atoms with Gasteiger partial charge in [0.1, 0.15) is 0 Å². The van der Waals surface area contributed by atoms with Gasteiger partial charge in [-0.25, -0.2) is 5.01 Å². The highest BCUT2D eigenvalue weighted by molar-refractivity contribution is 5.81. The maximum absolute atomic E-state index is 10.4. The first-order chi connectivity index (χ1) is 6.33. The van der Waals surface area contributed by atoms with Crippen LogP contribution in [-0.4, -0.2) is 18.1 Å². The summed E-state index contributed by atoms with van der Waals surface area (Å²) in [5.74, 6) is 0. The molecule has 0 saturated carbocycles. The Balaban J connectivity index is 2.64. The van der Waals surface area contributed by atoms with Gasteiger partial charge in [0.2, 0.25) is 0 Å². The molecule has 65 valence electrons. The molecule has 2 aromatic rings. The van der Waals surface area contributed by atoms with Crippen LogP contribution in [0.5, 0.6) is 0 Å². The van der Waals surface area contributed by atoms with Crippen LogP contribution in [0.3, 0.4) is 0 Å². The molecule has 0 bridgehead atoms. The summed E-state index contributed by atoms with van der Waals surface area (Å²) in [6.07, 6.45) is 3.65. The molecule has 3 heteroatoms. The average molecular weight is 173 g/mol. The maximum Gasteiger partial charge on any atom is 0.332 e. The summed E-state index contributed by atoms with van der Waals surface area (Å²) in [5, 5.41) is 2.49. The highest BCUT2D eigenvalue weighted by Crippen LogP contribution is 2.14. The molecule has 0 saturated heterocycles. The maximum atomic E-state index is 10.4. The van der Waals surface area contributed by atoms with E-state index in [1.807, 2.05) is 36.5 Å². The number of aromatic nitrogens is 1. The fourth-order valence-electron chi connectivity index (χ4n) is 1.37. The molecular weight excluding hydrogens is 164 g/mol. The van der Waals surface area contributed by atoms with E-state index in [0.29, 0.717) is 0 Å². The Bertz CT molecular complexity index is 433. The van der Waals surface area contributed by atoms with E-state index in [1.165, 1.54) is 5.01 Å². The van der Waals surface area contributed by atoms with Gasteiger partial charge in [-0.1, -0.05) is 18.2 Å². The summed E-state index contributed by atoms with van der Waals surface area (Å²) < 4.78 is 1.75. The molecule has 1 aromatic carbocycles. The first-order valence-corrected chi connectivity index (χ1v) is 4.01. The Kier molecular flexibility index (Phi) is 1.77. The summed E-state index contributed by atoms with van der Waals surface area (Å²) in [7, 11) is 1.67. The van der Waals surface area contributed by atoms with Crippen LogP contribution in [0.1, 0.15) is 0 Å². The minimum atomic E-state index is 1.01. The van der Waals surface area contributed by atoms with Crippen molar-refractivity contribution < 1.29 is 4.79 Å². The second kappa shape index (κ2) is 2.94. The lowest BCUT2D eigenvalue weighted by Crippen LogP contribution is -2.26. The molecule has 0 fully saturated rings. The van der Waals surface area contributed by atoms with Crippen molar-refractivity contribution in [1.29, 1.82) is 0 Å². The molecule has 3 nitrogen and oxygen atoms in total. The Morgan fingerprint density at radius 2 is 2.08 bits per heavy atom. The van der Waals surface area contributed by atoms with Crippen LogP contribution in [0, 0.1) is 0 Å². The average Bonchev–Trinajstić information content (AvgIpc) is 2.60. The van der Waals surface area contributed by atoms with E-state index >= 15 is 0 Å². The van der Waals surface area contributed by atoms with E-state index in [-0.39, 0.29) is 0 Å². The van der Waals surface area contributed by atoms with Crippen LogP contribution in [-0.2, 0) is 4.79 Å². The zero-order chi connectivity index (χ0) is 9.26. The highest BCUT2D eigenvalue weighted by atomic mass is 16.1. The van der Waals surface area contributed by atoms with Crippen LogP contribution < -0.4 is 5.01 Å². The Morgan fingerprint density at radius 3 is 2.85 bits per heavy atom. The predicted octanol–water partition coefficient (Wildman–Crippen LogP) is 1.28. The van der Waals surface area contributed by atoms with Gasteiger partial charge in [-0.05, 0) is 12.1 Å². The molecule has 1 radical (unpaired) electrons. The summed E-state index contributed by atoms with van der Waals surface area (Å²) in [5.41, 5.74) is 1.01. The molecule has 0 aliphatic heterocycles. The van der Waals surface area contributed by atoms with E-state index in [4.69, 9.17) is 0 Å². The van der Waals surface area contributed by atoms with Crippen LogP contribution >= 0.6 is 0 Å². The van der Waals surface area contributed by atoms with Crippen molar-refractivity contribution in [3.05, 3.63) is 36.5 Å². The number of carbonyl (C=O) groups excluding carboxylic acids is 1. The Hall–Kier alpha value is -1.77. The van der Waals surface area contributed by atoms with Crippen LogP contribution in [0.2, 0.25) is 0 Å². The third-order valence-electron chi connectivity index (χ3n) is 2.03. The number of fused-ring (bicyclic) bond motifs is 1. The Labute approximate surface area is 76.2 Å².